The Kier molecular flexibility index (Phi) is 4.47. The molecule has 7 heteroatoms. The molecule has 0 aliphatic heterocycles. The van der Waals surface area contributed by atoms with Crippen LogP contribution in [0.2, 0.25) is 0 Å². The summed E-state index contributed by atoms with van der Waals surface area (Å²) in [4.78, 5) is 12.3. The molecule has 2 aromatic carbocycles. The van der Waals surface area contributed by atoms with Gasteiger partial charge in [0.1, 0.15) is 5.75 Å². The summed E-state index contributed by atoms with van der Waals surface area (Å²) in [6.07, 6.45) is 0. The van der Waals surface area contributed by atoms with Crippen molar-refractivity contribution >= 4 is 11.6 Å². The van der Waals surface area contributed by atoms with Gasteiger partial charge >= 0.3 is 0 Å². The molecule has 0 unspecified atom stereocenters. The zero-order valence-corrected chi connectivity index (χ0v) is 13.6. The highest BCUT2D eigenvalue weighted by molar-refractivity contribution is 6.02. The van der Waals surface area contributed by atoms with Gasteiger partial charge in [-0.25, -0.2) is 13.5 Å². The van der Waals surface area contributed by atoms with Crippen molar-refractivity contribution in [3.05, 3.63) is 71.6 Å². The number of anilines is 1. The summed E-state index contributed by atoms with van der Waals surface area (Å²) >= 11 is 0. The lowest BCUT2D eigenvalue weighted by molar-refractivity contribution is 0.102. The van der Waals surface area contributed by atoms with Gasteiger partial charge < -0.3 is 10.1 Å². The molecule has 0 aliphatic carbocycles. The lowest BCUT2D eigenvalue weighted by atomic mass is 10.2. The summed E-state index contributed by atoms with van der Waals surface area (Å²) in [5.41, 5.74) is 1.79. The molecule has 0 spiro atoms. The van der Waals surface area contributed by atoms with Crippen LogP contribution < -0.4 is 10.1 Å². The normalized spacial score (nSPS) is 10.6. The minimum absolute atomic E-state index is 0.150. The Morgan fingerprint density at radius 3 is 2.64 bits per heavy atom. The van der Waals surface area contributed by atoms with E-state index in [-0.39, 0.29) is 11.4 Å². The third kappa shape index (κ3) is 3.50. The molecule has 0 radical (unpaired) electrons. The Morgan fingerprint density at radius 1 is 1.12 bits per heavy atom. The zero-order chi connectivity index (χ0) is 18.0. The van der Waals surface area contributed by atoms with Crippen molar-refractivity contribution in [2.24, 2.45) is 0 Å². The Bertz CT molecular complexity index is 938. The minimum atomic E-state index is -1.03. The molecule has 5 nitrogen and oxygen atoms in total. The summed E-state index contributed by atoms with van der Waals surface area (Å²) in [5.74, 6) is -1.86. The van der Waals surface area contributed by atoms with Gasteiger partial charge in [-0.2, -0.15) is 5.10 Å². The fourth-order valence-corrected chi connectivity index (χ4v) is 2.36. The summed E-state index contributed by atoms with van der Waals surface area (Å²) in [5, 5.41) is 6.77. The van der Waals surface area contributed by atoms with Crippen molar-refractivity contribution < 1.29 is 18.3 Å². The van der Waals surface area contributed by atoms with Crippen molar-refractivity contribution in [2.45, 2.75) is 6.92 Å². The van der Waals surface area contributed by atoms with Crippen LogP contribution >= 0.6 is 0 Å². The van der Waals surface area contributed by atoms with E-state index in [2.05, 4.69) is 10.4 Å². The molecular weight excluding hydrogens is 328 g/mol. The van der Waals surface area contributed by atoms with Crippen LogP contribution in [0, 0.1) is 18.6 Å². The fourth-order valence-electron chi connectivity index (χ4n) is 2.36. The molecule has 25 heavy (non-hydrogen) atoms. The summed E-state index contributed by atoms with van der Waals surface area (Å²) in [6.45, 7) is 1.81. The number of amides is 1. The number of nitrogens with one attached hydrogen (secondary N) is 1. The van der Waals surface area contributed by atoms with Crippen LogP contribution in [0.25, 0.3) is 5.69 Å². The van der Waals surface area contributed by atoms with Gasteiger partial charge in [-0.3, -0.25) is 4.79 Å². The largest absolute Gasteiger partial charge is 0.497 e. The minimum Gasteiger partial charge on any atom is -0.497 e. The number of ether oxygens (including phenoxy) is 1. The Labute approximate surface area is 142 Å². The van der Waals surface area contributed by atoms with Gasteiger partial charge in [0.25, 0.3) is 5.91 Å². The van der Waals surface area contributed by atoms with E-state index in [9.17, 15) is 13.6 Å². The van der Waals surface area contributed by atoms with Gasteiger partial charge in [0.15, 0.2) is 17.3 Å². The summed E-state index contributed by atoms with van der Waals surface area (Å²) < 4.78 is 33.0. The van der Waals surface area contributed by atoms with Crippen LogP contribution in [0.3, 0.4) is 0 Å². The van der Waals surface area contributed by atoms with Gasteiger partial charge in [-0.15, -0.1) is 0 Å². The molecule has 1 amide bonds. The first-order chi connectivity index (χ1) is 12.0. The molecule has 3 aromatic rings. The van der Waals surface area contributed by atoms with E-state index in [4.69, 9.17) is 4.74 Å². The van der Waals surface area contributed by atoms with E-state index in [1.54, 1.807) is 36.9 Å². The predicted molar refractivity (Wildman–Crippen MR) is 89.2 cm³/mol. The molecule has 0 saturated carbocycles. The number of hydrogen-bond acceptors (Lipinski definition) is 3. The molecule has 0 bridgehead atoms. The third-order valence-electron chi connectivity index (χ3n) is 3.60. The standard InChI is InChI=1S/C18H15F2N3O2/c1-11-8-17(18(24)21-12-6-7-15(19)16(20)9-12)22-23(11)13-4-3-5-14(10-13)25-2/h3-10H,1-2H3,(H,21,24). The third-order valence-corrected chi connectivity index (χ3v) is 3.60. The van der Waals surface area contributed by atoms with Gasteiger partial charge in [0.2, 0.25) is 0 Å². The van der Waals surface area contributed by atoms with Crippen LogP contribution in [0.5, 0.6) is 5.75 Å². The number of hydrogen-bond donors (Lipinski definition) is 1. The van der Waals surface area contributed by atoms with Crippen LogP contribution in [0.15, 0.2) is 48.5 Å². The molecule has 0 atom stereocenters. The van der Waals surface area contributed by atoms with Gasteiger partial charge in [-0.1, -0.05) is 6.07 Å². The number of nitrogens with zero attached hydrogens (tertiary/aromatic N) is 2. The van der Waals surface area contributed by atoms with Crippen molar-refractivity contribution in [3.63, 3.8) is 0 Å². The molecule has 1 N–H and O–H groups in total. The monoisotopic (exact) mass is 343 g/mol. The molecule has 0 aliphatic rings. The van der Waals surface area contributed by atoms with Crippen LogP contribution in [-0.4, -0.2) is 22.8 Å². The van der Waals surface area contributed by atoms with E-state index in [1.165, 1.54) is 6.07 Å². The maximum Gasteiger partial charge on any atom is 0.276 e. The maximum absolute atomic E-state index is 13.2. The summed E-state index contributed by atoms with van der Waals surface area (Å²) in [6, 6.07) is 12.0. The predicted octanol–water partition coefficient (Wildman–Crippen LogP) is 3.72. The van der Waals surface area contributed by atoms with Gasteiger partial charge in [0, 0.05) is 23.5 Å². The summed E-state index contributed by atoms with van der Waals surface area (Å²) in [7, 11) is 1.57. The first-order valence-electron chi connectivity index (χ1n) is 7.45. The van der Waals surface area contributed by atoms with Crippen LogP contribution in [0.4, 0.5) is 14.5 Å². The van der Waals surface area contributed by atoms with Gasteiger partial charge in [-0.05, 0) is 37.3 Å². The number of carbonyl (C=O) groups is 1. The van der Waals surface area contributed by atoms with Crippen molar-refractivity contribution in [2.75, 3.05) is 12.4 Å². The average Bonchev–Trinajstić information content (AvgIpc) is 3.00. The first-order valence-corrected chi connectivity index (χ1v) is 7.45. The number of benzene rings is 2. The van der Waals surface area contributed by atoms with Gasteiger partial charge in [0.05, 0.1) is 12.8 Å². The SMILES string of the molecule is COc1cccc(-n2nc(C(=O)Nc3ccc(F)c(F)c3)cc2C)c1. The lowest BCUT2D eigenvalue weighted by Crippen LogP contribution is -2.13. The molecule has 128 valence electrons. The second-order valence-electron chi connectivity index (χ2n) is 5.37. The molecule has 3 rings (SSSR count). The number of aromatic nitrogens is 2. The Morgan fingerprint density at radius 2 is 1.92 bits per heavy atom. The van der Waals surface area contributed by atoms with E-state index in [1.807, 2.05) is 12.1 Å². The fraction of sp³-hybridized carbons (Fsp3) is 0.111. The molecule has 1 heterocycles. The first kappa shape index (κ1) is 16.6. The Hall–Kier alpha value is -3.22. The van der Waals surface area contributed by atoms with Crippen LogP contribution in [-0.2, 0) is 0 Å². The second kappa shape index (κ2) is 6.72. The maximum atomic E-state index is 13.2. The van der Waals surface area contributed by atoms with Crippen molar-refractivity contribution in [1.29, 1.82) is 0 Å². The number of methoxy groups -OCH3 is 1. The lowest BCUT2D eigenvalue weighted by Gasteiger charge is -2.06. The van der Waals surface area contributed by atoms with E-state index in [0.717, 1.165) is 23.5 Å². The van der Waals surface area contributed by atoms with Crippen molar-refractivity contribution in [3.8, 4) is 11.4 Å². The van der Waals surface area contributed by atoms with E-state index < -0.39 is 17.5 Å². The number of rotatable bonds is 4. The Balaban J connectivity index is 1.85. The van der Waals surface area contributed by atoms with Crippen molar-refractivity contribution in [1.82, 2.24) is 9.78 Å². The number of aryl methyl sites for hydroxylation is 1. The van der Waals surface area contributed by atoms with Crippen LogP contribution in [0.1, 0.15) is 16.2 Å². The smallest absolute Gasteiger partial charge is 0.276 e. The highest BCUT2D eigenvalue weighted by Gasteiger charge is 2.14. The second-order valence-corrected chi connectivity index (χ2v) is 5.37. The highest BCUT2D eigenvalue weighted by atomic mass is 19.2. The average molecular weight is 343 g/mol. The van der Waals surface area contributed by atoms with E-state index in [0.29, 0.717) is 5.75 Å². The quantitative estimate of drug-likeness (QED) is 0.785. The zero-order valence-electron chi connectivity index (χ0n) is 13.6. The molecule has 1 aromatic heterocycles. The molecule has 0 fully saturated rings. The van der Waals surface area contributed by atoms with E-state index >= 15 is 0 Å². The molecular formula is C18H15F2N3O2. The highest BCUT2D eigenvalue weighted by Crippen LogP contribution is 2.19. The number of halogens is 2. The topological polar surface area (TPSA) is 56.2 Å². The molecule has 0 saturated heterocycles. The number of carbonyl (C=O) groups excluding carboxylic acids is 1.